The van der Waals surface area contributed by atoms with Crippen molar-refractivity contribution in [3.63, 3.8) is 0 Å². The number of ether oxygens (including phenoxy) is 1. The van der Waals surface area contributed by atoms with Gasteiger partial charge in [-0.3, -0.25) is 9.59 Å². The second-order valence-electron chi connectivity index (χ2n) is 9.05. The average molecular weight is 452 g/mol. The van der Waals surface area contributed by atoms with Gasteiger partial charge < -0.3 is 9.72 Å². The van der Waals surface area contributed by atoms with Crippen molar-refractivity contribution in [2.45, 2.75) is 50.9 Å². The van der Waals surface area contributed by atoms with Crippen molar-refractivity contribution >= 4 is 34.5 Å². The number of nitrogens with zero attached hydrogens (tertiary/aromatic N) is 2. The topological polar surface area (TPSA) is 102 Å². The first-order valence-electron chi connectivity index (χ1n) is 10.4. The van der Waals surface area contributed by atoms with E-state index in [9.17, 15) is 14.4 Å². The number of rotatable bonds is 4. The van der Waals surface area contributed by atoms with Gasteiger partial charge in [-0.1, -0.05) is 51.6 Å². The molecule has 0 saturated carbocycles. The van der Waals surface area contributed by atoms with Crippen molar-refractivity contribution in [3.8, 4) is 11.1 Å². The molecule has 0 spiro atoms. The summed E-state index contributed by atoms with van der Waals surface area (Å²) in [5, 5.41) is 1.02. The second-order valence-corrected chi connectivity index (χ2v) is 10.6. The molecule has 0 bridgehead atoms. The number of aromatic amines is 1. The first-order chi connectivity index (χ1) is 15.1. The summed E-state index contributed by atoms with van der Waals surface area (Å²) in [6.45, 7) is 8.11. The van der Waals surface area contributed by atoms with Gasteiger partial charge in [0.1, 0.15) is 0 Å². The van der Waals surface area contributed by atoms with Crippen LogP contribution in [0.1, 0.15) is 60.5 Å². The standard InChI is InChI=1S/C24H25N3O4S/c1-12(2)32-23-26-20-19(21(29)27-23)17(13-6-8-14(9-7-13)22(30)31-5)18-15(25-20)10-24(3,4)11-16(18)28/h6-9,12H,10-11H2,1-5H3,(H,25,26,27,29). The normalized spacial score (nSPS) is 15.1. The minimum absolute atomic E-state index is 0.0438. The lowest BCUT2D eigenvalue weighted by Gasteiger charge is -2.31. The highest BCUT2D eigenvalue weighted by Crippen LogP contribution is 2.40. The Morgan fingerprint density at radius 3 is 2.41 bits per heavy atom. The Hall–Kier alpha value is -3.00. The maximum absolute atomic E-state index is 13.2. The molecule has 0 aliphatic heterocycles. The van der Waals surface area contributed by atoms with Crippen LogP contribution in [0.25, 0.3) is 22.2 Å². The number of thioether (sulfide) groups is 1. The van der Waals surface area contributed by atoms with E-state index < -0.39 is 5.97 Å². The number of hydrogen-bond acceptors (Lipinski definition) is 7. The molecule has 166 valence electrons. The number of H-pyrrole nitrogens is 1. The lowest BCUT2D eigenvalue weighted by molar-refractivity contribution is 0.0600. The number of carbonyl (C=O) groups is 2. The fraction of sp³-hybridized carbons (Fsp3) is 0.375. The number of aromatic nitrogens is 3. The molecule has 2 aromatic heterocycles. The number of nitrogens with one attached hydrogen (secondary N) is 1. The molecule has 0 radical (unpaired) electrons. The van der Waals surface area contributed by atoms with Crippen LogP contribution >= 0.6 is 11.8 Å². The number of carbonyl (C=O) groups excluding carboxylic acids is 2. The van der Waals surface area contributed by atoms with Crippen molar-refractivity contribution < 1.29 is 14.3 Å². The highest BCUT2D eigenvalue weighted by Gasteiger charge is 2.35. The van der Waals surface area contributed by atoms with Crippen LogP contribution in [0.3, 0.4) is 0 Å². The van der Waals surface area contributed by atoms with Gasteiger partial charge in [-0.05, 0) is 29.5 Å². The van der Waals surface area contributed by atoms with Crippen LogP contribution in [0.15, 0.2) is 34.2 Å². The van der Waals surface area contributed by atoms with Gasteiger partial charge in [-0.25, -0.2) is 14.8 Å². The molecule has 1 aliphatic rings. The summed E-state index contributed by atoms with van der Waals surface area (Å²) in [7, 11) is 1.32. The molecule has 0 atom stereocenters. The number of esters is 1. The molecule has 8 heteroatoms. The van der Waals surface area contributed by atoms with Crippen LogP contribution in [0.4, 0.5) is 0 Å². The Bertz CT molecular complexity index is 1290. The van der Waals surface area contributed by atoms with Gasteiger partial charge in [-0.15, -0.1) is 0 Å². The van der Waals surface area contributed by atoms with Crippen LogP contribution in [-0.4, -0.2) is 39.1 Å². The smallest absolute Gasteiger partial charge is 0.337 e. The Morgan fingerprint density at radius 2 is 1.78 bits per heavy atom. The number of methoxy groups -OCH3 is 1. The van der Waals surface area contributed by atoms with E-state index in [0.717, 1.165) is 0 Å². The number of benzene rings is 1. The van der Waals surface area contributed by atoms with Gasteiger partial charge in [0.25, 0.3) is 5.56 Å². The van der Waals surface area contributed by atoms with Crippen LogP contribution in [0, 0.1) is 5.41 Å². The predicted molar refractivity (Wildman–Crippen MR) is 124 cm³/mol. The molecule has 1 N–H and O–H groups in total. The summed E-state index contributed by atoms with van der Waals surface area (Å²) in [5.74, 6) is -0.497. The monoisotopic (exact) mass is 451 g/mol. The van der Waals surface area contributed by atoms with Gasteiger partial charge in [0.05, 0.1) is 23.8 Å². The third-order valence-electron chi connectivity index (χ3n) is 5.41. The minimum atomic E-state index is -0.453. The van der Waals surface area contributed by atoms with Crippen LogP contribution in [-0.2, 0) is 11.2 Å². The van der Waals surface area contributed by atoms with E-state index in [1.807, 2.05) is 27.7 Å². The summed E-state index contributed by atoms with van der Waals surface area (Å²) >= 11 is 1.45. The van der Waals surface area contributed by atoms with Crippen LogP contribution in [0.5, 0.6) is 0 Å². The van der Waals surface area contributed by atoms with E-state index in [4.69, 9.17) is 9.72 Å². The molecule has 0 fully saturated rings. The van der Waals surface area contributed by atoms with Crippen molar-refractivity contribution in [1.82, 2.24) is 15.0 Å². The molecule has 4 rings (SSSR count). The highest BCUT2D eigenvalue weighted by molar-refractivity contribution is 7.99. The number of fused-ring (bicyclic) bond motifs is 2. The number of Topliss-reactive ketones (excluding diaryl/α,β-unsaturated/α-hetero) is 1. The fourth-order valence-electron chi connectivity index (χ4n) is 4.13. The van der Waals surface area contributed by atoms with Crippen molar-refractivity contribution in [3.05, 3.63) is 51.4 Å². The van der Waals surface area contributed by atoms with Crippen molar-refractivity contribution in [2.75, 3.05) is 7.11 Å². The Kier molecular flexibility index (Phi) is 5.67. The quantitative estimate of drug-likeness (QED) is 0.356. The zero-order valence-corrected chi connectivity index (χ0v) is 19.6. The largest absolute Gasteiger partial charge is 0.465 e. The van der Waals surface area contributed by atoms with E-state index in [1.54, 1.807) is 24.3 Å². The van der Waals surface area contributed by atoms with Crippen LogP contribution < -0.4 is 5.56 Å². The Labute approximate surface area is 190 Å². The molecule has 7 nitrogen and oxygen atoms in total. The SMILES string of the molecule is COC(=O)c1ccc(-c2c3c(nc4nc(SC(C)C)[nH]c(=O)c24)CC(C)(C)CC3=O)cc1. The third-order valence-corrected chi connectivity index (χ3v) is 6.30. The lowest BCUT2D eigenvalue weighted by Crippen LogP contribution is -2.29. The molecular weight excluding hydrogens is 426 g/mol. The van der Waals surface area contributed by atoms with E-state index in [0.29, 0.717) is 51.6 Å². The molecule has 3 aromatic rings. The molecule has 1 aromatic carbocycles. The van der Waals surface area contributed by atoms with Gasteiger partial charge in [0, 0.05) is 22.8 Å². The maximum atomic E-state index is 13.2. The summed E-state index contributed by atoms with van der Waals surface area (Å²) in [4.78, 5) is 50.4. The molecule has 0 saturated heterocycles. The predicted octanol–water partition coefficient (Wildman–Crippen LogP) is 4.43. The van der Waals surface area contributed by atoms with E-state index >= 15 is 0 Å². The summed E-state index contributed by atoms with van der Waals surface area (Å²) in [5.41, 5.74) is 2.46. The zero-order chi connectivity index (χ0) is 23.2. The molecule has 32 heavy (non-hydrogen) atoms. The maximum Gasteiger partial charge on any atom is 0.337 e. The summed E-state index contributed by atoms with van der Waals surface area (Å²) < 4.78 is 4.78. The van der Waals surface area contributed by atoms with E-state index in [1.165, 1.54) is 18.9 Å². The molecule has 0 amide bonds. The first-order valence-corrected chi connectivity index (χ1v) is 11.3. The first kappa shape index (κ1) is 22.2. The minimum Gasteiger partial charge on any atom is -0.465 e. The van der Waals surface area contributed by atoms with Crippen molar-refractivity contribution in [2.24, 2.45) is 5.41 Å². The zero-order valence-electron chi connectivity index (χ0n) is 18.7. The number of ketones is 1. The molecular formula is C24H25N3O4S. The fourth-order valence-corrected chi connectivity index (χ4v) is 4.86. The lowest BCUT2D eigenvalue weighted by atomic mass is 9.73. The Morgan fingerprint density at radius 1 is 1.09 bits per heavy atom. The van der Waals surface area contributed by atoms with Gasteiger partial charge in [0.2, 0.25) is 0 Å². The van der Waals surface area contributed by atoms with E-state index in [2.05, 4.69) is 9.97 Å². The molecule has 1 aliphatic carbocycles. The number of hydrogen-bond donors (Lipinski definition) is 1. The third kappa shape index (κ3) is 4.07. The van der Waals surface area contributed by atoms with E-state index in [-0.39, 0.29) is 27.4 Å². The Balaban J connectivity index is 2.03. The molecule has 2 heterocycles. The highest BCUT2D eigenvalue weighted by atomic mass is 32.2. The summed E-state index contributed by atoms with van der Waals surface area (Å²) in [6, 6.07) is 6.71. The summed E-state index contributed by atoms with van der Waals surface area (Å²) in [6.07, 6.45) is 0.978. The average Bonchev–Trinajstić information content (AvgIpc) is 2.70. The van der Waals surface area contributed by atoms with Crippen molar-refractivity contribution in [1.29, 1.82) is 0 Å². The van der Waals surface area contributed by atoms with Gasteiger partial charge in [-0.2, -0.15) is 0 Å². The molecule has 0 unspecified atom stereocenters. The van der Waals surface area contributed by atoms with Gasteiger partial charge >= 0.3 is 5.97 Å². The number of pyridine rings is 1. The second kappa shape index (κ2) is 8.16. The van der Waals surface area contributed by atoms with Gasteiger partial charge in [0.15, 0.2) is 16.6 Å². The van der Waals surface area contributed by atoms with Crippen LogP contribution in [0.2, 0.25) is 0 Å².